The minimum Gasteiger partial charge on any atom is -0.454 e. The van der Waals surface area contributed by atoms with E-state index in [-0.39, 0.29) is 29.4 Å². The van der Waals surface area contributed by atoms with Gasteiger partial charge in [-0.1, -0.05) is 26.3 Å². The third-order valence-electron chi connectivity index (χ3n) is 4.49. The van der Waals surface area contributed by atoms with Gasteiger partial charge >= 0.3 is 0 Å². The molecule has 28 heavy (non-hydrogen) atoms. The van der Waals surface area contributed by atoms with Gasteiger partial charge in [-0.15, -0.1) is 11.3 Å². The van der Waals surface area contributed by atoms with E-state index in [9.17, 15) is 13.2 Å². The largest absolute Gasteiger partial charge is 0.454 e. The number of carbonyl (C=O) groups excluding carboxylic acids is 1. The summed E-state index contributed by atoms with van der Waals surface area (Å²) in [6.45, 7) is 4.20. The molecule has 0 bridgehead atoms. The highest BCUT2D eigenvalue weighted by Gasteiger charge is 2.30. The van der Waals surface area contributed by atoms with Gasteiger partial charge in [0.05, 0.1) is 3.79 Å². The molecule has 1 aliphatic rings. The maximum atomic E-state index is 12.8. The van der Waals surface area contributed by atoms with Crippen molar-refractivity contribution < 1.29 is 22.7 Å². The van der Waals surface area contributed by atoms with Crippen LogP contribution in [0.25, 0.3) is 0 Å². The molecule has 10 heteroatoms. The monoisotopic (exact) mass is 488 g/mol. The summed E-state index contributed by atoms with van der Waals surface area (Å²) in [7, 11) is -3.79. The fraction of sp³-hybridized carbons (Fsp3) is 0.389. The lowest BCUT2D eigenvalue weighted by molar-refractivity contribution is -0.124. The molecule has 2 atom stereocenters. The molecule has 1 aromatic carbocycles. The Labute approximate surface area is 176 Å². The van der Waals surface area contributed by atoms with Crippen molar-refractivity contribution in [3.05, 3.63) is 39.7 Å². The van der Waals surface area contributed by atoms with Gasteiger partial charge in [0.1, 0.15) is 10.3 Å². The first-order chi connectivity index (χ1) is 13.3. The second-order valence-corrected chi connectivity index (χ2v) is 10.9. The molecular formula is C18H21BrN2O5S2. The van der Waals surface area contributed by atoms with Gasteiger partial charge in [0.2, 0.25) is 12.7 Å². The molecule has 1 aromatic heterocycles. The minimum absolute atomic E-state index is 0.163. The number of sulfonamides is 1. The highest BCUT2D eigenvalue weighted by molar-refractivity contribution is 9.11. The van der Waals surface area contributed by atoms with E-state index in [1.54, 1.807) is 18.2 Å². The average Bonchev–Trinajstić information content (AvgIpc) is 3.32. The van der Waals surface area contributed by atoms with Gasteiger partial charge < -0.3 is 14.8 Å². The Hall–Kier alpha value is -1.62. The van der Waals surface area contributed by atoms with Crippen LogP contribution in [-0.4, -0.2) is 27.2 Å². The Balaban J connectivity index is 1.69. The number of fused-ring (bicyclic) bond motifs is 1. The normalized spacial score (nSPS) is 15.2. The maximum absolute atomic E-state index is 12.8. The zero-order chi connectivity index (χ0) is 20.3. The quantitative estimate of drug-likeness (QED) is 0.594. The first-order valence-corrected chi connectivity index (χ1v) is 11.8. The lowest BCUT2D eigenvalue weighted by Crippen LogP contribution is -2.49. The van der Waals surface area contributed by atoms with Crippen LogP contribution in [0.2, 0.25) is 0 Å². The molecular weight excluding hydrogens is 468 g/mol. The molecule has 0 aliphatic carbocycles. The van der Waals surface area contributed by atoms with Crippen LogP contribution >= 0.6 is 27.3 Å². The lowest BCUT2D eigenvalue weighted by Gasteiger charge is -2.23. The summed E-state index contributed by atoms with van der Waals surface area (Å²) in [6, 6.07) is 7.72. The SMILES string of the molecule is CC[C@H](C)[C@H](NS(=O)(=O)c1ccc(Br)s1)C(=O)NCc1ccc2c(c1)OCO2. The molecule has 1 aliphatic heterocycles. The van der Waals surface area contributed by atoms with Gasteiger partial charge in [0, 0.05) is 6.54 Å². The molecule has 0 fully saturated rings. The molecule has 2 N–H and O–H groups in total. The molecule has 0 saturated carbocycles. The fourth-order valence-corrected chi connectivity index (χ4v) is 6.01. The molecule has 2 aromatic rings. The predicted octanol–water partition coefficient (Wildman–Crippen LogP) is 3.25. The van der Waals surface area contributed by atoms with Crippen molar-refractivity contribution in [3.63, 3.8) is 0 Å². The van der Waals surface area contributed by atoms with Crippen LogP contribution in [0.5, 0.6) is 11.5 Å². The van der Waals surface area contributed by atoms with E-state index in [1.807, 2.05) is 19.9 Å². The molecule has 3 rings (SSSR count). The second-order valence-electron chi connectivity index (χ2n) is 6.45. The Morgan fingerprint density at radius 3 is 2.68 bits per heavy atom. The summed E-state index contributed by atoms with van der Waals surface area (Å²) in [4.78, 5) is 12.8. The number of carbonyl (C=O) groups is 1. The number of rotatable bonds is 8. The molecule has 152 valence electrons. The van der Waals surface area contributed by atoms with E-state index in [0.717, 1.165) is 16.9 Å². The molecule has 2 heterocycles. The average molecular weight is 489 g/mol. The Bertz CT molecular complexity index is 961. The summed E-state index contributed by atoms with van der Waals surface area (Å²) in [5, 5.41) is 2.82. The van der Waals surface area contributed by atoms with Crippen molar-refractivity contribution in [3.8, 4) is 11.5 Å². The number of hydrogen-bond donors (Lipinski definition) is 2. The zero-order valence-electron chi connectivity index (χ0n) is 15.4. The van der Waals surface area contributed by atoms with E-state index >= 15 is 0 Å². The lowest BCUT2D eigenvalue weighted by atomic mass is 9.99. The summed E-state index contributed by atoms with van der Waals surface area (Å²) in [5.74, 6) is 0.762. The van der Waals surface area contributed by atoms with E-state index in [4.69, 9.17) is 9.47 Å². The van der Waals surface area contributed by atoms with Crippen molar-refractivity contribution >= 4 is 43.2 Å². The summed E-state index contributed by atoms with van der Waals surface area (Å²) in [6.07, 6.45) is 0.652. The number of hydrogen-bond acceptors (Lipinski definition) is 6. The maximum Gasteiger partial charge on any atom is 0.250 e. The van der Waals surface area contributed by atoms with Crippen LogP contribution in [0.15, 0.2) is 38.3 Å². The number of halogens is 1. The molecule has 0 saturated heterocycles. The van der Waals surface area contributed by atoms with Crippen molar-refractivity contribution in [2.75, 3.05) is 6.79 Å². The first kappa shape index (κ1) is 21.1. The molecule has 0 unspecified atom stereocenters. The minimum atomic E-state index is -3.79. The van der Waals surface area contributed by atoms with Crippen molar-refractivity contribution in [2.24, 2.45) is 5.92 Å². The first-order valence-electron chi connectivity index (χ1n) is 8.74. The Morgan fingerprint density at radius 1 is 1.25 bits per heavy atom. The van der Waals surface area contributed by atoms with Crippen LogP contribution in [0.3, 0.4) is 0 Å². The number of ether oxygens (including phenoxy) is 2. The fourth-order valence-electron chi connectivity index (χ4n) is 2.68. The van der Waals surface area contributed by atoms with E-state index < -0.39 is 16.1 Å². The zero-order valence-corrected chi connectivity index (χ0v) is 18.6. The molecule has 7 nitrogen and oxygen atoms in total. The number of amides is 1. The Morgan fingerprint density at radius 2 is 2.00 bits per heavy atom. The van der Waals surface area contributed by atoms with Crippen molar-refractivity contribution in [1.29, 1.82) is 0 Å². The standard InChI is InChI=1S/C18H21BrN2O5S2/c1-3-11(2)17(21-28(23,24)16-7-6-15(19)27-16)18(22)20-9-12-4-5-13-14(8-12)26-10-25-13/h4-8,11,17,21H,3,9-10H2,1-2H3,(H,20,22)/t11-,17-/m0/s1. The summed E-state index contributed by atoms with van der Waals surface area (Å²) in [5.41, 5.74) is 0.838. The summed E-state index contributed by atoms with van der Waals surface area (Å²) < 4.78 is 39.3. The molecule has 1 amide bonds. The van der Waals surface area contributed by atoms with Gasteiger partial charge in [-0.2, -0.15) is 4.72 Å². The van der Waals surface area contributed by atoms with Gasteiger partial charge in [-0.25, -0.2) is 8.42 Å². The van der Waals surface area contributed by atoms with Crippen LogP contribution in [0.1, 0.15) is 25.8 Å². The summed E-state index contributed by atoms with van der Waals surface area (Å²) >= 11 is 4.36. The number of thiophene rings is 1. The van der Waals surface area contributed by atoms with Crippen LogP contribution in [-0.2, 0) is 21.4 Å². The van der Waals surface area contributed by atoms with Crippen molar-refractivity contribution in [2.45, 2.75) is 37.1 Å². The Kier molecular flexibility index (Phi) is 6.64. The third-order valence-corrected chi connectivity index (χ3v) is 8.05. The highest BCUT2D eigenvalue weighted by Crippen LogP contribution is 2.32. The van der Waals surface area contributed by atoms with Crippen LogP contribution in [0, 0.1) is 5.92 Å². The van der Waals surface area contributed by atoms with Crippen molar-refractivity contribution in [1.82, 2.24) is 10.0 Å². The van der Waals surface area contributed by atoms with Crippen LogP contribution in [0.4, 0.5) is 0 Å². The third kappa shape index (κ3) is 4.86. The smallest absolute Gasteiger partial charge is 0.250 e. The van der Waals surface area contributed by atoms with Gasteiger partial charge in [-0.3, -0.25) is 4.79 Å². The van der Waals surface area contributed by atoms with Gasteiger partial charge in [0.15, 0.2) is 11.5 Å². The topological polar surface area (TPSA) is 93.7 Å². The van der Waals surface area contributed by atoms with Crippen LogP contribution < -0.4 is 19.5 Å². The van der Waals surface area contributed by atoms with Gasteiger partial charge in [0.25, 0.3) is 10.0 Å². The number of benzene rings is 1. The highest BCUT2D eigenvalue weighted by atomic mass is 79.9. The van der Waals surface area contributed by atoms with E-state index in [0.29, 0.717) is 21.7 Å². The second kappa shape index (κ2) is 8.81. The van der Waals surface area contributed by atoms with E-state index in [2.05, 4.69) is 26.0 Å². The molecule has 0 spiro atoms. The van der Waals surface area contributed by atoms with Gasteiger partial charge in [-0.05, 0) is 51.7 Å². The van der Waals surface area contributed by atoms with E-state index in [1.165, 1.54) is 6.07 Å². The number of nitrogens with one attached hydrogen (secondary N) is 2. The predicted molar refractivity (Wildman–Crippen MR) is 110 cm³/mol. The molecule has 0 radical (unpaired) electrons.